The lowest BCUT2D eigenvalue weighted by molar-refractivity contribution is 1.22. The molecule has 2 nitrogen and oxygen atoms in total. The van der Waals surface area contributed by atoms with Crippen molar-refractivity contribution in [2.75, 3.05) is 5.43 Å². The molecule has 116 valence electrons. The molecule has 23 heavy (non-hydrogen) atoms. The summed E-state index contributed by atoms with van der Waals surface area (Å²) >= 11 is 0. The van der Waals surface area contributed by atoms with E-state index in [-0.39, 0.29) is 0 Å². The van der Waals surface area contributed by atoms with Crippen molar-refractivity contribution in [3.8, 4) is 0 Å². The summed E-state index contributed by atoms with van der Waals surface area (Å²) in [6, 6.07) is 16.6. The molecule has 0 amide bonds. The molecule has 0 aromatic heterocycles. The van der Waals surface area contributed by atoms with Crippen LogP contribution < -0.4 is 5.43 Å². The van der Waals surface area contributed by atoms with E-state index in [1.807, 2.05) is 24.4 Å². The van der Waals surface area contributed by atoms with Gasteiger partial charge in [-0.15, -0.1) is 0 Å². The van der Waals surface area contributed by atoms with Gasteiger partial charge in [-0.25, -0.2) is 0 Å². The van der Waals surface area contributed by atoms with Gasteiger partial charge in [0.2, 0.25) is 0 Å². The molecule has 0 radical (unpaired) electrons. The molecule has 3 rings (SSSR count). The summed E-state index contributed by atoms with van der Waals surface area (Å²) in [5.74, 6) is 0. The zero-order chi connectivity index (χ0) is 16.2. The number of rotatable bonds is 4. The van der Waals surface area contributed by atoms with E-state index in [2.05, 4.69) is 67.7 Å². The van der Waals surface area contributed by atoms with Gasteiger partial charge in [0.25, 0.3) is 0 Å². The first-order chi connectivity index (χ1) is 11.1. The van der Waals surface area contributed by atoms with Crippen LogP contribution in [-0.4, -0.2) is 6.21 Å². The minimum absolute atomic E-state index is 1.03. The molecule has 0 bridgehead atoms. The number of nitrogens with one attached hydrogen (secondary N) is 1. The van der Waals surface area contributed by atoms with Gasteiger partial charge < -0.3 is 0 Å². The molecule has 0 fully saturated rings. The van der Waals surface area contributed by atoms with E-state index >= 15 is 0 Å². The molecule has 2 aromatic rings. The highest BCUT2D eigenvalue weighted by Crippen LogP contribution is 2.33. The Balaban J connectivity index is 1.81. The smallest absolute Gasteiger partial charge is 0.0590 e. The maximum atomic E-state index is 4.43. The maximum absolute atomic E-state index is 4.43. The highest BCUT2D eigenvalue weighted by molar-refractivity contribution is 5.90. The van der Waals surface area contributed by atoms with E-state index in [9.17, 15) is 0 Å². The van der Waals surface area contributed by atoms with Crippen molar-refractivity contribution in [2.24, 2.45) is 5.10 Å². The molecule has 2 heteroatoms. The number of nitrogens with zero attached hydrogens (tertiary/aromatic N) is 1. The Morgan fingerprint density at radius 3 is 2.43 bits per heavy atom. The summed E-state index contributed by atoms with van der Waals surface area (Å²) in [5, 5.41) is 4.43. The van der Waals surface area contributed by atoms with Crippen LogP contribution in [0.25, 0.3) is 5.57 Å². The fraction of sp³-hybridized carbons (Fsp3) is 0.190. The van der Waals surface area contributed by atoms with Crippen LogP contribution in [0.1, 0.15) is 37.0 Å². The summed E-state index contributed by atoms with van der Waals surface area (Å²) < 4.78 is 0. The second-order valence-electron chi connectivity index (χ2n) is 6.08. The quantitative estimate of drug-likeness (QED) is 0.580. The summed E-state index contributed by atoms with van der Waals surface area (Å²) in [6.45, 7) is 6.46. The van der Waals surface area contributed by atoms with Crippen LogP contribution in [0.15, 0.2) is 70.9 Å². The van der Waals surface area contributed by atoms with E-state index in [4.69, 9.17) is 0 Å². The lowest BCUT2D eigenvalue weighted by Crippen LogP contribution is -1.96. The molecule has 0 saturated heterocycles. The van der Waals surface area contributed by atoms with Crippen molar-refractivity contribution < 1.29 is 0 Å². The van der Waals surface area contributed by atoms with Gasteiger partial charge in [-0.05, 0) is 50.0 Å². The third kappa shape index (κ3) is 3.42. The summed E-state index contributed by atoms with van der Waals surface area (Å²) in [6.07, 6.45) is 5.23. The van der Waals surface area contributed by atoms with Crippen molar-refractivity contribution in [1.29, 1.82) is 0 Å². The van der Waals surface area contributed by atoms with Crippen LogP contribution in [0.5, 0.6) is 0 Å². The highest BCUT2D eigenvalue weighted by Gasteiger charge is 2.13. The van der Waals surface area contributed by atoms with Crippen LogP contribution in [0.4, 0.5) is 5.69 Å². The van der Waals surface area contributed by atoms with Crippen molar-refractivity contribution in [3.05, 3.63) is 82.4 Å². The topological polar surface area (TPSA) is 24.4 Å². The average molecular weight is 302 g/mol. The van der Waals surface area contributed by atoms with Crippen molar-refractivity contribution >= 4 is 17.5 Å². The van der Waals surface area contributed by atoms with E-state index in [1.54, 1.807) is 0 Å². The molecule has 0 heterocycles. The second-order valence-corrected chi connectivity index (χ2v) is 6.08. The monoisotopic (exact) mass is 302 g/mol. The predicted octanol–water partition coefficient (Wildman–Crippen LogP) is 5.56. The third-order valence-electron chi connectivity index (χ3n) is 4.36. The van der Waals surface area contributed by atoms with E-state index < -0.39 is 0 Å². The number of para-hydroxylation sites is 1. The fourth-order valence-electron chi connectivity index (χ4n) is 2.81. The molecule has 0 saturated carbocycles. The number of benzene rings is 2. The SMILES string of the molecule is CC1=C(C)CC(c2ccccc2/C=N/Nc2ccccc2C)=C1. The van der Waals surface area contributed by atoms with Gasteiger partial charge in [0.05, 0.1) is 11.9 Å². The van der Waals surface area contributed by atoms with Gasteiger partial charge in [-0.2, -0.15) is 5.10 Å². The minimum Gasteiger partial charge on any atom is -0.278 e. The average Bonchev–Trinajstić information content (AvgIpc) is 2.89. The van der Waals surface area contributed by atoms with Gasteiger partial charge in [0.1, 0.15) is 0 Å². The van der Waals surface area contributed by atoms with Crippen LogP contribution in [0, 0.1) is 6.92 Å². The molecular weight excluding hydrogens is 280 g/mol. The van der Waals surface area contributed by atoms with E-state index in [1.165, 1.54) is 27.8 Å². The number of allylic oxidation sites excluding steroid dienone is 4. The molecule has 1 aliphatic carbocycles. The largest absolute Gasteiger partial charge is 0.278 e. The van der Waals surface area contributed by atoms with Crippen LogP contribution in [0.3, 0.4) is 0 Å². The van der Waals surface area contributed by atoms with Crippen LogP contribution in [0.2, 0.25) is 0 Å². The van der Waals surface area contributed by atoms with Crippen LogP contribution >= 0.6 is 0 Å². The Morgan fingerprint density at radius 1 is 0.957 bits per heavy atom. The fourth-order valence-corrected chi connectivity index (χ4v) is 2.81. The highest BCUT2D eigenvalue weighted by atomic mass is 15.3. The number of hydrazone groups is 1. The Bertz CT molecular complexity index is 810. The molecule has 0 unspecified atom stereocenters. The van der Waals surface area contributed by atoms with E-state index in [0.717, 1.165) is 17.7 Å². The maximum Gasteiger partial charge on any atom is 0.0590 e. The number of aryl methyl sites for hydroxylation is 1. The number of hydrogen-bond acceptors (Lipinski definition) is 2. The first-order valence-electron chi connectivity index (χ1n) is 7.96. The third-order valence-corrected chi connectivity index (χ3v) is 4.36. The molecule has 2 aromatic carbocycles. The molecule has 1 aliphatic rings. The Morgan fingerprint density at radius 2 is 1.70 bits per heavy atom. The molecule has 0 spiro atoms. The Hall–Kier alpha value is -2.61. The zero-order valence-electron chi connectivity index (χ0n) is 13.9. The summed E-state index contributed by atoms with van der Waals surface area (Å²) in [7, 11) is 0. The van der Waals surface area contributed by atoms with Crippen molar-refractivity contribution in [1.82, 2.24) is 0 Å². The van der Waals surface area contributed by atoms with Crippen LogP contribution in [-0.2, 0) is 0 Å². The molecular formula is C21H22N2. The van der Waals surface area contributed by atoms with Crippen molar-refractivity contribution in [2.45, 2.75) is 27.2 Å². The van der Waals surface area contributed by atoms with Gasteiger partial charge in [-0.3, -0.25) is 5.43 Å². The standard InChI is InChI=1S/C21H22N2/c1-15-8-4-7-11-21(15)23-22-14-18-9-5-6-10-20(18)19-12-16(2)17(3)13-19/h4-12,14,23H,13H2,1-3H3/b22-14+. The summed E-state index contributed by atoms with van der Waals surface area (Å²) in [4.78, 5) is 0. The molecule has 1 N–H and O–H groups in total. The van der Waals surface area contributed by atoms with Gasteiger partial charge in [-0.1, -0.05) is 59.7 Å². The first-order valence-corrected chi connectivity index (χ1v) is 7.96. The minimum atomic E-state index is 1.03. The first kappa shape index (κ1) is 15.3. The Kier molecular flexibility index (Phi) is 4.42. The van der Waals surface area contributed by atoms with Crippen molar-refractivity contribution in [3.63, 3.8) is 0 Å². The van der Waals surface area contributed by atoms with Gasteiger partial charge in [0.15, 0.2) is 0 Å². The summed E-state index contributed by atoms with van der Waals surface area (Å²) in [5.41, 5.74) is 12.0. The lowest BCUT2D eigenvalue weighted by atomic mass is 9.98. The molecule has 0 atom stereocenters. The van der Waals surface area contributed by atoms with Gasteiger partial charge >= 0.3 is 0 Å². The normalized spacial score (nSPS) is 14.5. The Labute approximate surface area is 138 Å². The molecule has 0 aliphatic heterocycles. The lowest BCUT2D eigenvalue weighted by Gasteiger charge is -2.08. The predicted molar refractivity (Wildman–Crippen MR) is 99.8 cm³/mol. The number of anilines is 1. The second kappa shape index (κ2) is 6.66. The van der Waals surface area contributed by atoms with Gasteiger partial charge in [0, 0.05) is 5.56 Å². The zero-order valence-corrected chi connectivity index (χ0v) is 13.9. The number of hydrogen-bond donors (Lipinski definition) is 1. The van der Waals surface area contributed by atoms with E-state index in [0.29, 0.717) is 0 Å².